The van der Waals surface area contributed by atoms with Gasteiger partial charge in [0.25, 0.3) is 0 Å². The summed E-state index contributed by atoms with van der Waals surface area (Å²) in [6.07, 6.45) is 8.68. The summed E-state index contributed by atoms with van der Waals surface area (Å²) in [5.41, 5.74) is 4.91. The van der Waals surface area contributed by atoms with Crippen LogP contribution in [-0.4, -0.2) is 9.97 Å². The monoisotopic (exact) mass is 294 g/mol. The zero-order valence-electron chi connectivity index (χ0n) is 14.1. The maximum absolute atomic E-state index is 4.06. The number of aromatic nitrogens is 2. The number of nitrogens with one attached hydrogen (secondary N) is 1. The van der Waals surface area contributed by atoms with Crippen molar-refractivity contribution in [3.63, 3.8) is 0 Å². The van der Waals surface area contributed by atoms with Crippen molar-refractivity contribution in [2.75, 3.05) is 0 Å². The number of pyridine rings is 1. The van der Waals surface area contributed by atoms with Crippen LogP contribution in [0.4, 0.5) is 0 Å². The Kier molecular flexibility index (Phi) is 7.69. The van der Waals surface area contributed by atoms with Crippen molar-refractivity contribution >= 4 is 17.0 Å². The third-order valence-corrected chi connectivity index (χ3v) is 3.19. The van der Waals surface area contributed by atoms with Gasteiger partial charge >= 0.3 is 0 Å². The number of H-pyrrole nitrogens is 1. The molecule has 2 heteroatoms. The summed E-state index contributed by atoms with van der Waals surface area (Å²) in [4.78, 5) is 7.20. The van der Waals surface area contributed by atoms with Gasteiger partial charge in [-0.1, -0.05) is 51.6 Å². The standard InChI is InChI=1S/C10H9N.C8H11N.C2H6/c1-2-8-4-3-5-10-9(8)6-7-11-10;1-3-8-4-7(2)5-9-6-8;1-2/h2-7,11H,1H2;4-6H,3H2,1-2H3;1-2H3. The van der Waals surface area contributed by atoms with Gasteiger partial charge < -0.3 is 4.98 Å². The van der Waals surface area contributed by atoms with Crippen LogP contribution in [0, 0.1) is 6.92 Å². The number of hydrogen-bond acceptors (Lipinski definition) is 1. The van der Waals surface area contributed by atoms with Crippen LogP contribution in [0.25, 0.3) is 17.0 Å². The van der Waals surface area contributed by atoms with E-state index in [2.05, 4.69) is 54.7 Å². The molecule has 3 aromatic rings. The summed E-state index contributed by atoms with van der Waals surface area (Å²) in [5.74, 6) is 0. The summed E-state index contributed by atoms with van der Waals surface area (Å²) >= 11 is 0. The third-order valence-electron chi connectivity index (χ3n) is 3.19. The van der Waals surface area contributed by atoms with E-state index >= 15 is 0 Å². The molecule has 0 saturated heterocycles. The third kappa shape index (κ3) is 4.88. The predicted octanol–water partition coefficient (Wildman–Crippen LogP) is 5.79. The Balaban J connectivity index is 0.000000202. The Morgan fingerprint density at radius 1 is 1.18 bits per heavy atom. The molecular weight excluding hydrogens is 268 g/mol. The number of fused-ring (bicyclic) bond motifs is 1. The van der Waals surface area contributed by atoms with Crippen molar-refractivity contribution in [2.45, 2.75) is 34.1 Å². The number of rotatable bonds is 2. The largest absolute Gasteiger partial charge is 0.361 e. The highest BCUT2D eigenvalue weighted by Crippen LogP contribution is 2.17. The van der Waals surface area contributed by atoms with E-state index in [0.717, 1.165) is 6.42 Å². The van der Waals surface area contributed by atoms with Crippen LogP contribution in [0.1, 0.15) is 37.5 Å². The Labute approximate surface area is 133 Å². The highest BCUT2D eigenvalue weighted by atomic mass is 14.7. The lowest BCUT2D eigenvalue weighted by Crippen LogP contribution is -1.82. The first-order chi connectivity index (χ1) is 10.7. The predicted molar refractivity (Wildman–Crippen MR) is 98.1 cm³/mol. The minimum absolute atomic E-state index is 1.08. The van der Waals surface area contributed by atoms with Crippen LogP contribution in [0.15, 0.2) is 55.5 Å². The molecule has 0 aliphatic carbocycles. The van der Waals surface area contributed by atoms with Crippen molar-refractivity contribution in [2.24, 2.45) is 0 Å². The molecule has 2 aromatic heterocycles. The maximum Gasteiger partial charge on any atom is 0.0459 e. The molecule has 0 aliphatic rings. The second kappa shape index (κ2) is 9.56. The first-order valence-electron chi connectivity index (χ1n) is 7.83. The SMILES string of the molecule is C=Cc1cccc2[nH]ccc12.CC.CCc1cncc(C)c1. The lowest BCUT2D eigenvalue weighted by Gasteiger charge is -1.94. The highest BCUT2D eigenvalue weighted by Gasteiger charge is 1.95. The van der Waals surface area contributed by atoms with Gasteiger partial charge in [0.2, 0.25) is 0 Å². The zero-order valence-corrected chi connectivity index (χ0v) is 14.1. The molecule has 0 aliphatic heterocycles. The van der Waals surface area contributed by atoms with E-state index in [9.17, 15) is 0 Å². The maximum atomic E-state index is 4.06. The van der Waals surface area contributed by atoms with Crippen molar-refractivity contribution in [3.8, 4) is 0 Å². The fourth-order valence-electron chi connectivity index (χ4n) is 2.10. The molecule has 2 heterocycles. The van der Waals surface area contributed by atoms with Crippen molar-refractivity contribution in [3.05, 3.63) is 72.2 Å². The van der Waals surface area contributed by atoms with E-state index in [1.54, 1.807) is 0 Å². The summed E-state index contributed by atoms with van der Waals surface area (Å²) in [5, 5.41) is 1.24. The average Bonchev–Trinajstić information content (AvgIpc) is 3.06. The van der Waals surface area contributed by atoms with Gasteiger partial charge in [0.15, 0.2) is 0 Å². The number of benzene rings is 1. The molecule has 1 aromatic carbocycles. The Morgan fingerprint density at radius 2 is 1.95 bits per heavy atom. The van der Waals surface area contributed by atoms with E-state index < -0.39 is 0 Å². The normalized spacial score (nSPS) is 9.27. The van der Waals surface area contributed by atoms with E-state index in [4.69, 9.17) is 0 Å². The molecule has 0 radical (unpaired) electrons. The topological polar surface area (TPSA) is 28.7 Å². The molecule has 0 fully saturated rings. The van der Waals surface area contributed by atoms with E-state index in [1.165, 1.54) is 27.6 Å². The lowest BCUT2D eigenvalue weighted by atomic mass is 10.1. The van der Waals surface area contributed by atoms with Crippen molar-refractivity contribution in [1.82, 2.24) is 9.97 Å². The van der Waals surface area contributed by atoms with Gasteiger partial charge in [-0.15, -0.1) is 0 Å². The van der Waals surface area contributed by atoms with Crippen LogP contribution in [0.2, 0.25) is 0 Å². The highest BCUT2D eigenvalue weighted by molar-refractivity contribution is 5.88. The molecule has 116 valence electrons. The van der Waals surface area contributed by atoms with Crippen molar-refractivity contribution in [1.29, 1.82) is 0 Å². The van der Waals surface area contributed by atoms with Crippen LogP contribution in [0.5, 0.6) is 0 Å². The van der Waals surface area contributed by atoms with E-state index in [-0.39, 0.29) is 0 Å². The van der Waals surface area contributed by atoms with Crippen molar-refractivity contribution < 1.29 is 0 Å². The Bertz CT molecular complexity index is 696. The molecule has 0 atom stereocenters. The van der Waals surface area contributed by atoms with E-state index in [1.807, 2.05) is 44.6 Å². The van der Waals surface area contributed by atoms with Gasteiger partial charge in [0, 0.05) is 29.5 Å². The quantitative estimate of drug-likeness (QED) is 0.636. The summed E-state index contributed by atoms with van der Waals surface area (Å²) < 4.78 is 0. The molecule has 0 spiro atoms. The van der Waals surface area contributed by atoms with Gasteiger partial charge in [-0.2, -0.15) is 0 Å². The van der Waals surface area contributed by atoms with Gasteiger partial charge in [0.05, 0.1) is 0 Å². The fraction of sp³-hybridized carbons (Fsp3) is 0.250. The molecule has 0 bridgehead atoms. The number of aromatic amines is 1. The summed E-state index contributed by atoms with van der Waals surface area (Å²) in [6, 6.07) is 10.4. The minimum atomic E-state index is 1.08. The fourth-order valence-corrected chi connectivity index (χ4v) is 2.10. The van der Waals surface area contributed by atoms with Crippen LogP contribution < -0.4 is 0 Å². The second-order valence-corrected chi connectivity index (χ2v) is 4.71. The summed E-state index contributed by atoms with van der Waals surface area (Å²) in [7, 11) is 0. The van der Waals surface area contributed by atoms with Gasteiger partial charge in [-0.05, 0) is 42.2 Å². The average molecular weight is 294 g/mol. The molecule has 2 nitrogen and oxygen atoms in total. The zero-order chi connectivity index (χ0) is 16.4. The van der Waals surface area contributed by atoms with Gasteiger partial charge in [0.1, 0.15) is 0 Å². The second-order valence-electron chi connectivity index (χ2n) is 4.71. The number of nitrogens with zero attached hydrogens (tertiary/aromatic N) is 1. The first kappa shape index (κ1) is 17.7. The molecule has 0 unspecified atom stereocenters. The molecule has 0 saturated carbocycles. The molecule has 22 heavy (non-hydrogen) atoms. The Hall–Kier alpha value is -2.35. The molecular formula is C20H26N2. The van der Waals surface area contributed by atoms with Crippen LogP contribution >= 0.6 is 0 Å². The lowest BCUT2D eigenvalue weighted by molar-refractivity contribution is 1.09. The Morgan fingerprint density at radius 3 is 2.55 bits per heavy atom. The van der Waals surface area contributed by atoms with Crippen LogP contribution in [-0.2, 0) is 6.42 Å². The smallest absolute Gasteiger partial charge is 0.0459 e. The van der Waals surface area contributed by atoms with Crippen LogP contribution in [0.3, 0.4) is 0 Å². The summed E-state index contributed by atoms with van der Waals surface area (Å²) in [6.45, 7) is 11.9. The first-order valence-corrected chi connectivity index (χ1v) is 7.83. The van der Waals surface area contributed by atoms with Gasteiger partial charge in [-0.25, -0.2) is 0 Å². The number of hydrogen-bond donors (Lipinski definition) is 1. The molecule has 0 amide bonds. The van der Waals surface area contributed by atoms with E-state index in [0.29, 0.717) is 0 Å². The number of aryl methyl sites for hydroxylation is 2. The van der Waals surface area contributed by atoms with Gasteiger partial charge in [-0.3, -0.25) is 4.98 Å². The minimum Gasteiger partial charge on any atom is -0.361 e. The molecule has 1 N–H and O–H groups in total. The molecule has 3 rings (SSSR count).